The van der Waals surface area contributed by atoms with Crippen molar-refractivity contribution in [2.45, 2.75) is 26.2 Å². The molecule has 1 heterocycles. The highest BCUT2D eigenvalue weighted by molar-refractivity contribution is 5.78. The minimum atomic E-state index is -0.486. The molecule has 0 aliphatic carbocycles. The number of amides is 1. The lowest BCUT2D eigenvalue weighted by molar-refractivity contribution is -0.384. The summed E-state index contributed by atoms with van der Waals surface area (Å²) in [6, 6.07) is 11.9. The number of rotatable bonds is 9. The molecule has 0 saturated heterocycles. The van der Waals surface area contributed by atoms with Crippen LogP contribution >= 0.6 is 0 Å². The van der Waals surface area contributed by atoms with Crippen molar-refractivity contribution in [3.8, 4) is 11.4 Å². The van der Waals surface area contributed by atoms with Gasteiger partial charge in [0, 0.05) is 37.2 Å². The van der Waals surface area contributed by atoms with Crippen LogP contribution in [0.3, 0.4) is 0 Å². The largest absolute Gasteiger partial charge is 0.342 e. The molecule has 2 aromatic carbocycles. The molecule has 0 bridgehead atoms. The van der Waals surface area contributed by atoms with Crippen LogP contribution in [0.4, 0.5) is 10.1 Å². The molecule has 3 aromatic rings. The van der Waals surface area contributed by atoms with E-state index in [0.29, 0.717) is 31.0 Å². The highest BCUT2D eigenvalue weighted by atomic mass is 19.1. The average molecular weight is 412 g/mol. The average Bonchev–Trinajstić information content (AvgIpc) is 3.22. The molecule has 0 saturated carbocycles. The number of nitro benzene ring substituents is 1. The number of carbonyl (C=O) groups excluding carboxylic acids is 1. The van der Waals surface area contributed by atoms with Crippen LogP contribution in [0.15, 0.2) is 53.1 Å². The Morgan fingerprint density at radius 2 is 1.97 bits per heavy atom. The quantitative estimate of drug-likeness (QED) is 0.391. The zero-order valence-corrected chi connectivity index (χ0v) is 16.5. The lowest BCUT2D eigenvalue weighted by Crippen LogP contribution is -2.34. The molecule has 0 N–H and O–H groups in total. The standard InChI is InChI=1S/C21H21FN4O4/c1-2-11-25(20(27)13-15-6-8-17(22)9-7-15)12-10-19-23-21(24-30-19)16-4-3-5-18(14-16)26(28)29/h3-9,14H,2,10-13H2,1H3. The second-order valence-electron chi connectivity index (χ2n) is 6.75. The normalized spacial score (nSPS) is 10.7. The van der Waals surface area contributed by atoms with Gasteiger partial charge in [-0.25, -0.2) is 4.39 Å². The first-order valence-corrected chi connectivity index (χ1v) is 9.56. The van der Waals surface area contributed by atoms with Crippen LogP contribution in [0.5, 0.6) is 0 Å². The van der Waals surface area contributed by atoms with Crippen molar-refractivity contribution in [2.75, 3.05) is 13.1 Å². The molecule has 1 amide bonds. The monoisotopic (exact) mass is 412 g/mol. The van der Waals surface area contributed by atoms with E-state index < -0.39 is 4.92 Å². The second kappa shape index (κ2) is 9.73. The van der Waals surface area contributed by atoms with Gasteiger partial charge in [-0.05, 0) is 24.1 Å². The molecular weight excluding hydrogens is 391 g/mol. The summed E-state index contributed by atoms with van der Waals surface area (Å²) in [6.45, 7) is 2.95. The maximum absolute atomic E-state index is 13.0. The molecule has 1 aromatic heterocycles. The molecule has 0 fully saturated rings. The van der Waals surface area contributed by atoms with Gasteiger partial charge in [-0.2, -0.15) is 4.98 Å². The number of halogens is 1. The van der Waals surface area contributed by atoms with E-state index in [-0.39, 0.29) is 29.7 Å². The fourth-order valence-corrected chi connectivity index (χ4v) is 2.98. The lowest BCUT2D eigenvalue weighted by Gasteiger charge is -2.21. The Bertz CT molecular complexity index is 1020. The van der Waals surface area contributed by atoms with E-state index in [1.54, 1.807) is 29.2 Å². The van der Waals surface area contributed by atoms with Crippen molar-refractivity contribution in [2.24, 2.45) is 0 Å². The summed E-state index contributed by atoms with van der Waals surface area (Å²) in [4.78, 5) is 29.1. The Morgan fingerprint density at radius 3 is 2.67 bits per heavy atom. The molecule has 0 radical (unpaired) electrons. The first-order valence-electron chi connectivity index (χ1n) is 9.56. The summed E-state index contributed by atoms with van der Waals surface area (Å²) in [5.41, 5.74) is 1.17. The molecular formula is C21H21FN4O4. The molecule has 0 unspecified atom stereocenters. The predicted molar refractivity (Wildman–Crippen MR) is 107 cm³/mol. The Hall–Kier alpha value is -3.62. The van der Waals surface area contributed by atoms with Crippen molar-refractivity contribution in [1.82, 2.24) is 15.0 Å². The summed E-state index contributed by atoms with van der Waals surface area (Å²) in [5, 5.41) is 14.8. The number of nitrogens with zero attached hydrogens (tertiary/aromatic N) is 4. The fraction of sp³-hybridized carbons (Fsp3) is 0.286. The topological polar surface area (TPSA) is 102 Å². The van der Waals surface area contributed by atoms with Gasteiger partial charge in [-0.3, -0.25) is 14.9 Å². The van der Waals surface area contributed by atoms with Crippen molar-refractivity contribution >= 4 is 11.6 Å². The number of non-ortho nitro benzene ring substituents is 1. The summed E-state index contributed by atoms with van der Waals surface area (Å²) in [5.74, 6) is 0.190. The van der Waals surface area contributed by atoms with Crippen LogP contribution in [0.25, 0.3) is 11.4 Å². The third-order valence-corrected chi connectivity index (χ3v) is 4.49. The number of aromatic nitrogens is 2. The first-order chi connectivity index (χ1) is 14.5. The van der Waals surface area contributed by atoms with Gasteiger partial charge in [0.1, 0.15) is 5.82 Å². The molecule has 3 rings (SSSR count). The molecule has 0 atom stereocenters. The van der Waals surface area contributed by atoms with E-state index in [9.17, 15) is 19.3 Å². The Kier molecular flexibility index (Phi) is 6.84. The van der Waals surface area contributed by atoms with Crippen LogP contribution in [0, 0.1) is 15.9 Å². The predicted octanol–water partition coefficient (Wildman–Crippen LogP) is 3.81. The van der Waals surface area contributed by atoms with Gasteiger partial charge < -0.3 is 9.42 Å². The SMILES string of the molecule is CCCN(CCc1nc(-c2cccc([N+](=O)[O-])c2)no1)C(=O)Cc1ccc(F)cc1. The molecule has 0 spiro atoms. The van der Waals surface area contributed by atoms with E-state index in [1.165, 1.54) is 24.3 Å². The number of carbonyl (C=O) groups is 1. The molecule has 30 heavy (non-hydrogen) atoms. The summed E-state index contributed by atoms with van der Waals surface area (Å²) in [7, 11) is 0. The van der Waals surface area contributed by atoms with Crippen molar-refractivity contribution in [1.29, 1.82) is 0 Å². The fourth-order valence-electron chi connectivity index (χ4n) is 2.98. The number of nitro groups is 1. The minimum Gasteiger partial charge on any atom is -0.342 e. The zero-order valence-electron chi connectivity index (χ0n) is 16.5. The summed E-state index contributed by atoms with van der Waals surface area (Å²) >= 11 is 0. The van der Waals surface area contributed by atoms with Gasteiger partial charge in [0.05, 0.1) is 11.3 Å². The third kappa shape index (κ3) is 5.47. The second-order valence-corrected chi connectivity index (χ2v) is 6.75. The van der Waals surface area contributed by atoms with Crippen molar-refractivity contribution in [3.63, 3.8) is 0 Å². The first kappa shape index (κ1) is 21.1. The molecule has 156 valence electrons. The van der Waals surface area contributed by atoms with E-state index in [0.717, 1.165) is 12.0 Å². The van der Waals surface area contributed by atoms with Crippen LogP contribution in [-0.2, 0) is 17.6 Å². The minimum absolute atomic E-state index is 0.0561. The van der Waals surface area contributed by atoms with Crippen LogP contribution < -0.4 is 0 Å². The van der Waals surface area contributed by atoms with Gasteiger partial charge in [-0.15, -0.1) is 0 Å². The van der Waals surface area contributed by atoms with E-state index in [1.807, 2.05) is 6.92 Å². The highest BCUT2D eigenvalue weighted by Crippen LogP contribution is 2.21. The Balaban J connectivity index is 1.63. The van der Waals surface area contributed by atoms with E-state index in [4.69, 9.17) is 4.52 Å². The molecule has 0 aliphatic heterocycles. The van der Waals surface area contributed by atoms with Gasteiger partial charge >= 0.3 is 0 Å². The summed E-state index contributed by atoms with van der Waals surface area (Å²) in [6.07, 6.45) is 1.33. The molecule has 8 nitrogen and oxygen atoms in total. The van der Waals surface area contributed by atoms with E-state index >= 15 is 0 Å². The Morgan fingerprint density at radius 1 is 1.20 bits per heavy atom. The highest BCUT2D eigenvalue weighted by Gasteiger charge is 2.17. The van der Waals surface area contributed by atoms with Gasteiger partial charge in [0.25, 0.3) is 5.69 Å². The smallest absolute Gasteiger partial charge is 0.270 e. The third-order valence-electron chi connectivity index (χ3n) is 4.49. The van der Waals surface area contributed by atoms with Crippen LogP contribution in [0.2, 0.25) is 0 Å². The number of hydrogen-bond acceptors (Lipinski definition) is 6. The van der Waals surface area contributed by atoms with Gasteiger partial charge in [0.2, 0.25) is 17.6 Å². The van der Waals surface area contributed by atoms with Gasteiger partial charge in [0.15, 0.2) is 0 Å². The summed E-state index contributed by atoms with van der Waals surface area (Å²) < 4.78 is 18.3. The molecule has 9 heteroatoms. The van der Waals surface area contributed by atoms with Crippen LogP contribution in [0.1, 0.15) is 24.8 Å². The lowest BCUT2D eigenvalue weighted by atomic mass is 10.1. The molecule has 0 aliphatic rings. The van der Waals surface area contributed by atoms with Crippen molar-refractivity contribution in [3.05, 3.63) is 75.9 Å². The maximum atomic E-state index is 13.0. The Labute approximate surface area is 172 Å². The number of benzene rings is 2. The number of hydrogen-bond donors (Lipinski definition) is 0. The van der Waals surface area contributed by atoms with E-state index in [2.05, 4.69) is 10.1 Å². The van der Waals surface area contributed by atoms with Gasteiger partial charge in [-0.1, -0.05) is 36.3 Å². The maximum Gasteiger partial charge on any atom is 0.270 e. The van der Waals surface area contributed by atoms with Crippen molar-refractivity contribution < 1.29 is 18.6 Å². The zero-order chi connectivity index (χ0) is 21.5. The van der Waals surface area contributed by atoms with Crippen LogP contribution in [-0.4, -0.2) is 39.0 Å².